The first-order chi connectivity index (χ1) is 9.13. The van der Waals surface area contributed by atoms with E-state index in [0.29, 0.717) is 13.0 Å². The maximum atomic E-state index is 11.4. The highest BCUT2D eigenvalue weighted by atomic mass is 79.9. The maximum Gasteiger partial charge on any atom is 0.323 e. The molecule has 4 nitrogen and oxygen atoms in total. The van der Waals surface area contributed by atoms with Crippen molar-refractivity contribution in [2.24, 2.45) is 0 Å². The number of carbonyl (C=O) groups excluding carboxylic acids is 1. The molecule has 0 saturated carbocycles. The molecule has 0 aliphatic carbocycles. The molecule has 1 aromatic rings. The molecule has 0 radical (unpaired) electrons. The van der Waals surface area contributed by atoms with Crippen LogP contribution >= 0.6 is 15.9 Å². The molecule has 0 aromatic heterocycles. The second kappa shape index (κ2) is 6.39. The summed E-state index contributed by atoms with van der Waals surface area (Å²) in [6, 6.07) is 5.83. The highest BCUT2D eigenvalue weighted by Gasteiger charge is 2.31. The van der Waals surface area contributed by atoms with Crippen molar-refractivity contribution in [3.63, 3.8) is 0 Å². The summed E-state index contributed by atoms with van der Waals surface area (Å²) in [6.07, 6.45) is 1.62. The van der Waals surface area contributed by atoms with Crippen molar-refractivity contribution in [2.45, 2.75) is 31.9 Å². The molecule has 5 heteroatoms. The van der Waals surface area contributed by atoms with Gasteiger partial charge in [0.2, 0.25) is 0 Å². The van der Waals surface area contributed by atoms with E-state index in [1.54, 1.807) is 0 Å². The quantitative estimate of drug-likeness (QED) is 0.862. The minimum absolute atomic E-state index is 0.00660. The molecule has 1 saturated heterocycles. The van der Waals surface area contributed by atoms with Gasteiger partial charge < -0.3 is 14.8 Å². The number of benzene rings is 1. The third-order valence-electron chi connectivity index (χ3n) is 3.27. The van der Waals surface area contributed by atoms with Crippen LogP contribution in [0.5, 0.6) is 5.75 Å². The third-order valence-corrected chi connectivity index (χ3v) is 3.89. The van der Waals surface area contributed by atoms with Crippen molar-refractivity contribution in [3.05, 3.63) is 28.2 Å². The second-order valence-electron chi connectivity index (χ2n) is 4.58. The van der Waals surface area contributed by atoms with Gasteiger partial charge in [-0.25, -0.2) is 0 Å². The number of halogens is 1. The Morgan fingerprint density at radius 2 is 2.32 bits per heavy atom. The monoisotopic (exact) mass is 327 g/mol. The Bertz CT molecular complexity index is 464. The summed E-state index contributed by atoms with van der Waals surface area (Å²) in [5.41, 5.74) is 1.26. The predicted molar refractivity (Wildman–Crippen MR) is 76.4 cm³/mol. The minimum atomic E-state index is -0.260. The lowest BCUT2D eigenvalue weighted by atomic mass is 10.1. The molecular formula is C14H18BrNO3. The fourth-order valence-corrected chi connectivity index (χ4v) is 2.67. The molecule has 2 rings (SSSR count). The molecule has 0 unspecified atom stereocenters. The Labute approximate surface area is 121 Å². The van der Waals surface area contributed by atoms with Gasteiger partial charge in [-0.15, -0.1) is 0 Å². The van der Waals surface area contributed by atoms with Crippen molar-refractivity contribution in [3.8, 4) is 5.75 Å². The van der Waals surface area contributed by atoms with E-state index in [9.17, 15) is 4.79 Å². The van der Waals surface area contributed by atoms with E-state index in [1.165, 1.54) is 12.7 Å². The van der Waals surface area contributed by atoms with Gasteiger partial charge in [-0.1, -0.05) is 13.0 Å². The fourth-order valence-electron chi connectivity index (χ4n) is 2.15. The summed E-state index contributed by atoms with van der Waals surface area (Å²) < 4.78 is 11.6. The van der Waals surface area contributed by atoms with Gasteiger partial charge in [0, 0.05) is 13.0 Å². The van der Waals surface area contributed by atoms with Gasteiger partial charge in [-0.05, 0) is 40.0 Å². The van der Waals surface area contributed by atoms with Gasteiger partial charge in [0.1, 0.15) is 17.9 Å². The minimum Gasteiger partial charge on any atom is -0.488 e. The average molecular weight is 328 g/mol. The molecule has 2 atom stereocenters. The number of esters is 1. The zero-order valence-electron chi connectivity index (χ0n) is 11.1. The summed E-state index contributed by atoms with van der Waals surface area (Å²) >= 11 is 3.52. The Kier molecular flexibility index (Phi) is 4.82. The number of hydrogen-bond donors (Lipinski definition) is 1. The molecule has 1 N–H and O–H groups in total. The van der Waals surface area contributed by atoms with Gasteiger partial charge in [-0.2, -0.15) is 0 Å². The number of carbonyl (C=O) groups is 1. The largest absolute Gasteiger partial charge is 0.488 e. The van der Waals surface area contributed by atoms with Crippen molar-refractivity contribution >= 4 is 21.9 Å². The summed E-state index contributed by atoms with van der Waals surface area (Å²) in [5, 5.41) is 3.10. The predicted octanol–water partition coefficient (Wildman–Crippen LogP) is 2.29. The van der Waals surface area contributed by atoms with Crippen molar-refractivity contribution in [1.82, 2.24) is 5.32 Å². The molecule has 0 amide bonds. The van der Waals surface area contributed by atoms with Crippen LogP contribution in [0.15, 0.2) is 22.7 Å². The Balaban J connectivity index is 1.97. The van der Waals surface area contributed by atoms with E-state index in [4.69, 9.17) is 9.47 Å². The topological polar surface area (TPSA) is 47.6 Å². The smallest absolute Gasteiger partial charge is 0.323 e. The summed E-state index contributed by atoms with van der Waals surface area (Å²) in [5.74, 6) is 0.584. The zero-order valence-corrected chi connectivity index (χ0v) is 12.7. The number of methoxy groups -OCH3 is 1. The highest BCUT2D eigenvalue weighted by molar-refractivity contribution is 9.10. The van der Waals surface area contributed by atoms with Crippen LogP contribution in [0, 0.1) is 0 Å². The van der Waals surface area contributed by atoms with Crippen LogP contribution < -0.4 is 10.1 Å². The third kappa shape index (κ3) is 3.48. The summed E-state index contributed by atoms with van der Waals surface area (Å²) in [4.78, 5) is 11.4. The maximum absolute atomic E-state index is 11.4. The van der Waals surface area contributed by atoms with Gasteiger partial charge in [0.25, 0.3) is 0 Å². The zero-order chi connectivity index (χ0) is 13.8. The van der Waals surface area contributed by atoms with Crippen LogP contribution in [0.3, 0.4) is 0 Å². The molecule has 1 aliphatic rings. The molecule has 1 heterocycles. The second-order valence-corrected chi connectivity index (χ2v) is 5.43. The molecule has 19 heavy (non-hydrogen) atoms. The molecule has 0 spiro atoms. The van der Waals surface area contributed by atoms with Crippen molar-refractivity contribution in [1.29, 1.82) is 0 Å². The standard InChI is InChI=1S/C14H18BrNO3/c1-3-9-4-5-13(11(15)6-9)19-10-7-12(16-8-10)14(17)18-2/h4-6,10,12,16H,3,7-8H2,1-2H3/t10-,12+/m1/s1. The Morgan fingerprint density at radius 3 is 2.95 bits per heavy atom. The van der Waals surface area contributed by atoms with E-state index in [0.717, 1.165) is 16.6 Å². The molecule has 104 valence electrons. The number of ether oxygens (including phenoxy) is 2. The van der Waals surface area contributed by atoms with Crippen molar-refractivity contribution < 1.29 is 14.3 Å². The molecular weight excluding hydrogens is 310 g/mol. The van der Waals surface area contributed by atoms with Crippen LogP contribution in [0.1, 0.15) is 18.9 Å². The van der Waals surface area contributed by atoms with Crippen LogP contribution in [0.25, 0.3) is 0 Å². The van der Waals surface area contributed by atoms with Crippen molar-refractivity contribution in [2.75, 3.05) is 13.7 Å². The Hall–Kier alpha value is -1.07. The molecule has 1 aliphatic heterocycles. The lowest BCUT2D eigenvalue weighted by Gasteiger charge is -2.14. The lowest BCUT2D eigenvalue weighted by molar-refractivity contribution is -0.142. The molecule has 1 aromatic carbocycles. The average Bonchev–Trinajstić information content (AvgIpc) is 2.88. The first-order valence-corrected chi connectivity index (χ1v) is 7.19. The first-order valence-electron chi connectivity index (χ1n) is 6.40. The summed E-state index contributed by atoms with van der Waals surface area (Å²) in [7, 11) is 1.40. The van der Waals surface area contributed by atoms with Gasteiger partial charge in [0.05, 0.1) is 11.6 Å². The van der Waals surface area contributed by atoms with Gasteiger partial charge in [0.15, 0.2) is 0 Å². The van der Waals surface area contributed by atoms with Crippen LogP contribution in [0.2, 0.25) is 0 Å². The number of rotatable bonds is 4. The van der Waals surface area contributed by atoms with Crippen LogP contribution in [-0.2, 0) is 16.0 Å². The van der Waals surface area contributed by atoms with E-state index in [2.05, 4.69) is 40.3 Å². The number of aryl methyl sites for hydroxylation is 1. The molecule has 1 fully saturated rings. The van der Waals surface area contributed by atoms with Crippen LogP contribution in [0.4, 0.5) is 0 Å². The van der Waals surface area contributed by atoms with Gasteiger partial charge >= 0.3 is 5.97 Å². The number of hydrogen-bond acceptors (Lipinski definition) is 4. The highest BCUT2D eigenvalue weighted by Crippen LogP contribution is 2.28. The van der Waals surface area contributed by atoms with E-state index < -0.39 is 0 Å². The SMILES string of the molecule is CCc1ccc(O[C@H]2CN[C@H](C(=O)OC)C2)c(Br)c1. The number of nitrogens with one attached hydrogen (secondary N) is 1. The van der Waals surface area contributed by atoms with E-state index in [-0.39, 0.29) is 18.1 Å². The molecule has 0 bridgehead atoms. The van der Waals surface area contributed by atoms with E-state index in [1.807, 2.05) is 6.07 Å². The normalized spacial score (nSPS) is 22.3. The van der Waals surface area contributed by atoms with Gasteiger partial charge in [-0.3, -0.25) is 4.79 Å². The summed E-state index contributed by atoms with van der Waals surface area (Å²) in [6.45, 7) is 2.77. The lowest BCUT2D eigenvalue weighted by Crippen LogP contribution is -2.31. The van der Waals surface area contributed by atoms with E-state index >= 15 is 0 Å². The van der Waals surface area contributed by atoms with Crippen LogP contribution in [-0.4, -0.2) is 31.8 Å². The fraction of sp³-hybridized carbons (Fsp3) is 0.500. The first kappa shape index (κ1) is 14.3. The Morgan fingerprint density at radius 1 is 1.53 bits per heavy atom.